The van der Waals surface area contributed by atoms with E-state index in [0.29, 0.717) is 12.0 Å². The molecular weight excluding hydrogens is 326 g/mol. The molecule has 4 aliphatic rings. The fourth-order valence-corrected chi connectivity index (χ4v) is 5.88. The molecule has 2 bridgehead atoms. The summed E-state index contributed by atoms with van der Waals surface area (Å²) in [7, 11) is 2.23. The molecule has 2 aliphatic carbocycles. The van der Waals surface area contributed by atoms with Crippen molar-refractivity contribution in [1.29, 1.82) is 0 Å². The molecule has 0 aromatic heterocycles. The Kier molecular flexibility index (Phi) is 3.84. The van der Waals surface area contributed by atoms with E-state index in [1.807, 2.05) is 6.08 Å². The highest BCUT2D eigenvalue weighted by Gasteiger charge is 2.64. The van der Waals surface area contributed by atoms with Crippen molar-refractivity contribution in [1.82, 2.24) is 4.90 Å². The van der Waals surface area contributed by atoms with Crippen molar-refractivity contribution >= 4 is 0 Å². The van der Waals surface area contributed by atoms with E-state index in [-0.39, 0.29) is 11.5 Å². The van der Waals surface area contributed by atoms with Gasteiger partial charge in [0.15, 0.2) is 11.5 Å². The summed E-state index contributed by atoms with van der Waals surface area (Å²) in [5.74, 6) is 2.20. The first-order valence-electron chi connectivity index (χ1n) is 10.2. The second-order valence-electron chi connectivity index (χ2n) is 8.46. The number of hydrogen-bond acceptors (Lipinski definition) is 4. The lowest BCUT2D eigenvalue weighted by atomic mass is 9.53. The van der Waals surface area contributed by atoms with Crippen LogP contribution in [0.1, 0.15) is 43.7 Å². The van der Waals surface area contributed by atoms with Crippen LogP contribution < -0.4 is 9.47 Å². The van der Waals surface area contributed by atoms with Gasteiger partial charge in [-0.3, -0.25) is 0 Å². The predicted molar refractivity (Wildman–Crippen MR) is 101 cm³/mol. The lowest BCUT2D eigenvalue weighted by Gasteiger charge is -2.56. The molecule has 5 unspecified atom stereocenters. The van der Waals surface area contributed by atoms with Crippen LogP contribution in [0.3, 0.4) is 0 Å². The van der Waals surface area contributed by atoms with Gasteiger partial charge in [0, 0.05) is 22.9 Å². The van der Waals surface area contributed by atoms with Gasteiger partial charge in [-0.2, -0.15) is 0 Å². The van der Waals surface area contributed by atoms with E-state index < -0.39 is 6.10 Å². The van der Waals surface area contributed by atoms with E-state index in [1.165, 1.54) is 24.0 Å². The highest BCUT2D eigenvalue weighted by atomic mass is 16.5. The first-order valence-corrected chi connectivity index (χ1v) is 10.2. The smallest absolute Gasteiger partial charge is 0.165 e. The molecular formula is C22H29NO3. The topological polar surface area (TPSA) is 41.9 Å². The molecule has 2 heterocycles. The van der Waals surface area contributed by atoms with Gasteiger partial charge < -0.3 is 19.5 Å². The first kappa shape index (κ1) is 16.6. The Morgan fingerprint density at radius 1 is 1.31 bits per heavy atom. The molecule has 4 heteroatoms. The van der Waals surface area contributed by atoms with Crippen LogP contribution in [0.2, 0.25) is 0 Å². The Balaban J connectivity index is 1.59. The highest BCUT2D eigenvalue weighted by molar-refractivity contribution is 5.62. The zero-order valence-corrected chi connectivity index (χ0v) is 15.8. The number of nitrogens with zero attached hydrogens (tertiary/aromatic N) is 1. The number of piperidine rings is 1. The number of ether oxygens (including phenoxy) is 2. The third-order valence-corrected chi connectivity index (χ3v) is 7.14. The zero-order chi connectivity index (χ0) is 17.9. The molecule has 1 fully saturated rings. The van der Waals surface area contributed by atoms with Gasteiger partial charge in [0.05, 0.1) is 6.61 Å². The SMILES string of the molecule is CCCCCOc1ccc2c3c1OC1C(O)C=CC4C(C2)N(C)CCC341. The fourth-order valence-electron chi connectivity index (χ4n) is 5.88. The molecule has 1 aromatic carbocycles. The van der Waals surface area contributed by atoms with E-state index in [1.54, 1.807) is 0 Å². The summed E-state index contributed by atoms with van der Waals surface area (Å²) in [4.78, 5) is 2.49. The van der Waals surface area contributed by atoms with E-state index in [2.05, 4.69) is 37.1 Å². The molecule has 2 aliphatic heterocycles. The van der Waals surface area contributed by atoms with Crippen LogP contribution in [0.4, 0.5) is 0 Å². The van der Waals surface area contributed by atoms with Crippen molar-refractivity contribution in [3.8, 4) is 11.5 Å². The molecule has 1 saturated heterocycles. The van der Waals surface area contributed by atoms with Crippen LogP contribution in [0.25, 0.3) is 0 Å². The van der Waals surface area contributed by atoms with Gasteiger partial charge in [0.1, 0.15) is 12.2 Å². The van der Waals surface area contributed by atoms with E-state index in [0.717, 1.165) is 43.9 Å². The van der Waals surface area contributed by atoms with Crippen molar-refractivity contribution in [2.75, 3.05) is 20.2 Å². The van der Waals surface area contributed by atoms with Crippen molar-refractivity contribution < 1.29 is 14.6 Å². The van der Waals surface area contributed by atoms with Crippen molar-refractivity contribution in [3.63, 3.8) is 0 Å². The monoisotopic (exact) mass is 355 g/mol. The summed E-state index contributed by atoms with van der Waals surface area (Å²) >= 11 is 0. The first-order chi connectivity index (χ1) is 12.7. The molecule has 26 heavy (non-hydrogen) atoms. The minimum atomic E-state index is -0.540. The zero-order valence-electron chi connectivity index (χ0n) is 15.8. The minimum Gasteiger partial charge on any atom is -0.490 e. The van der Waals surface area contributed by atoms with Gasteiger partial charge in [-0.25, -0.2) is 0 Å². The quantitative estimate of drug-likeness (QED) is 0.651. The third kappa shape index (κ3) is 2.09. The summed E-state index contributed by atoms with van der Waals surface area (Å²) < 4.78 is 12.6. The molecule has 5 atom stereocenters. The van der Waals surface area contributed by atoms with Crippen molar-refractivity contribution in [2.24, 2.45) is 5.92 Å². The van der Waals surface area contributed by atoms with Gasteiger partial charge in [0.25, 0.3) is 0 Å². The number of hydrogen-bond donors (Lipinski definition) is 1. The Labute approximate surface area is 155 Å². The standard InChI is InChI=1S/C22H29NO3/c1-3-4-5-12-25-18-9-6-14-13-16-15-7-8-17(24)21-22(15,10-11-23(16)2)19(14)20(18)26-21/h6-9,15-17,21,24H,3-5,10-13H2,1-2H3. The van der Waals surface area contributed by atoms with Crippen LogP contribution >= 0.6 is 0 Å². The van der Waals surface area contributed by atoms with Gasteiger partial charge in [-0.1, -0.05) is 38.0 Å². The Morgan fingerprint density at radius 2 is 2.19 bits per heavy atom. The molecule has 0 saturated carbocycles. The van der Waals surface area contributed by atoms with Crippen LogP contribution in [0.15, 0.2) is 24.3 Å². The van der Waals surface area contributed by atoms with Crippen molar-refractivity contribution in [2.45, 2.75) is 62.7 Å². The minimum absolute atomic E-state index is 0.0863. The summed E-state index contributed by atoms with van der Waals surface area (Å²) in [5.41, 5.74) is 2.64. The third-order valence-electron chi connectivity index (χ3n) is 7.14. The van der Waals surface area contributed by atoms with Gasteiger partial charge >= 0.3 is 0 Å². The average Bonchev–Trinajstić information content (AvgIpc) is 3.00. The molecule has 0 amide bonds. The number of aliphatic hydroxyl groups excluding tert-OH is 1. The molecule has 0 radical (unpaired) electrons. The Morgan fingerprint density at radius 3 is 3.04 bits per heavy atom. The number of likely N-dealkylation sites (tertiary alicyclic amines) is 1. The molecule has 4 nitrogen and oxygen atoms in total. The summed E-state index contributed by atoms with van der Waals surface area (Å²) in [6.45, 7) is 3.99. The largest absolute Gasteiger partial charge is 0.490 e. The molecule has 1 N–H and O–H groups in total. The average molecular weight is 355 g/mol. The normalized spacial score (nSPS) is 36.6. The number of likely N-dealkylation sites (N-methyl/N-ethyl adjacent to an activating group) is 1. The molecule has 5 rings (SSSR count). The van der Waals surface area contributed by atoms with Gasteiger partial charge in [0.2, 0.25) is 0 Å². The predicted octanol–water partition coefficient (Wildman–Crippen LogP) is 3.06. The van der Waals surface area contributed by atoms with Crippen LogP contribution in [0.5, 0.6) is 11.5 Å². The Bertz CT molecular complexity index is 745. The number of benzene rings is 1. The number of unbranched alkanes of at least 4 members (excludes halogenated alkanes) is 2. The maximum absolute atomic E-state index is 10.7. The van der Waals surface area contributed by atoms with Crippen LogP contribution in [0, 0.1) is 5.92 Å². The second kappa shape index (κ2) is 6.00. The van der Waals surface area contributed by atoms with E-state index >= 15 is 0 Å². The highest BCUT2D eigenvalue weighted by Crippen LogP contribution is 2.62. The lowest BCUT2D eigenvalue weighted by molar-refractivity contribution is -0.0454. The van der Waals surface area contributed by atoms with E-state index in [9.17, 15) is 5.11 Å². The van der Waals surface area contributed by atoms with Crippen LogP contribution in [-0.2, 0) is 11.8 Å². The van der Waals surface area contributed by atoms with Gasteiger partial charge in [-0.05, 0) is 44.5 Å². The number of aliphatic hydroxyl groups is 1. The van der Waals surface area contributed by atoms with Crippen molar-refractivity contribution in [3.05, 3.63) is 35.4 Å². The Hall–Kier alpha value is -1.52. The second-order valence-corrected chi connectivity index (χ2v) is 8.46. The maximum atomic E-state index is 10.7. The maximum Gasteiger partial charge on any atom is 0.165 e. The fraction of sp³-hybridized carbons (Fsp3) is 0.636. The lowest BCUT2D eigenvalue weighted by Crippen LogP contribution is -2.64. The van der Waals surface area contributed by atoms with E-state index in [4.69, 9.17) is 9.47 Å². The molecule has 1 spiro atoms. The summed E-state index contributed by atoms with van der Waals surface area (Å²) in [6, 6.07) is 4.83. The van der Waals surface area contributed by atoms with Gasteiger partial charge in [-0.15, -0.1) is 0 Å². The summed E-state index contributed by atoms with van der Waals surface area (Å²) in [6.07, 6.45) is 9.04. The molecule has 140 valence electrons. The summed E-state index contributed by atoms with van der Waals surface area (Å²) in [5, 5.41) is 10.7. The molecule has 1 aromatic rings. The number of rotatable bonds is 5. The van der Waals surface area contributed by atoms with Crippen LogP contribution in [-0.4, -0.2) is 48.5 Å².